The molecule has 0 radical (unpaired) electrons. The Labute approximate surface area is 131 Å². The molecule has 2 rings (SSSR count). The second kappa shape index (κ2) is 6.82. The Balaban J connectivity index is 2.33. The minimum atomic E-state index is -0.679. The van der Waals surface area contributed by atoms with E-state index in [1.165, 1.54) is 6.42 Å². The zero-order valence-corrected chi connectivity index (χ0v) is 13.7. The number of carboxylic acids is 1. The van der Waals surface area contributed by atoms with Crippen molar-refractivity contribution in [2.24, 2.45) is 5.41 Å². The van der Waals surface area contributed by atoms with Crippen LogP contribution in [0.5, 0.6) is 0 Å². The molecule has 1 heterocycles. The van der Waals surface area contributed by atoms with Gasteiger partial charge in [-0.3, -0.25) is 9.48 Å². The van der Waals surface area contributed by atoms with Gasteiger partial charge in [0.05, 0.1) is 21.8 Å². The van der Waals surface area contributed by atoms with Crippen molar-refractivity contribution in [2.75, 3.05) is 0 Å². The quantitative estimate of drug-likeness (QED) is 0.905. The average molecular weight is 313 g/mol. The molecule has 1 aromatic rings. The molecule has 0 aliphatic heterocycles. The van der Waals surface area contributed by atoms with Crippen LogP contribution < -0.4 is 0 Å². The Morgan fingerprint density at radius 3 is 2.38 bits per heavy atom. The van der Waals surface area contributed by atoms with Crippen LogP contribution in [0.25, 0.3) is 0 Å². The Hall–Kier alpha value is -1.03. The van der Waals surface area contributed by atoms with Crippen LogP contribution in [0.1, 0.15) is 63.3 Å². The van der Waals surface area contributed by atoms with Crippen LogP contribution in [0, 0.1) is 12.3 Å². The molecule has 0 bridgehead atoms. The Bertz CT molecular complexity index is 503. The molecule has 1 fully saturated rings. The molecular weight excluding hydrogens is 288 g/mol. The lowest BCUT2D eigenvalue weighted by molar-refractivity contribution is -0.150. The fraction of sp³-hybridized carbons (Fsp3) is 0.750. The molecule has 1 aliphatic carbocycles. The molecule has 118 valence electrons. The first-order valence-electron chi connectivity index (χ1n) is 7.95. The zero-order chi connectivity index (χ0) is 15.5. The summed E-state index contributed by atoms with van der Waals surface area (Å²) in [6, 6.07) is 0. The Kier molecular flexibility index (Phi) is 5.31. The number of aromatic nitrogens is 2. The zero-order valence-electron chi connectivity index (χ0n) is 13.0. The van der Waals surface area contributed by atoms with Crippen LogP contribution >= 0.6 is 11.6 Å². The van der Waals surface area contributed by atoms with Crippen molar-refractivity contribution < 1.29 is 9.90 Å². The number of halogens is 1. The maximum absolute atomic E-state index is 12.0. The third kappa shape index (κ3) is 3.42. The van der Waals surface area contributed by atoms with Gasteiger partial charge in [-0.1, -0.05) is 43.7 Å². The molecule has 0 unspecified atom stereocenters. The first-order valence-corrected chi connectivity index (χ1v) is 8.33. The maximum Gasteiger partial charge on any atom is 0.310 e. The summed E-state index contributed by atoms with van der Waals surface area (Å²) in [5, 5.41) is 14.9. The number of aryl methyl sites for hydroxylation is 2. The van der Waals surface area contributed by atoms with Crippen molar-refractivity contribution in [2.45, 2.75) is 71.8 Å². The summed E-state index contributed by atoms with van der Waals surface area (Å²) in [6.45, 7) is 4.61. The van der Waals surface area contributed by atoms with E-state index < -0.39 is 11.4 Å². The van der Waals surface area contributed by atoms with Gasteiger partial charge in [0.25, 0.3) is 0 Å². The van der Waals surface area contributed by atoms with Crippen LogP contribution in [0.15, 0.2) is 0 Å². The highest BCUT2D eigenvalue weighted by molar-refractivity contribution is 6.31. The largest absolute Gasteiger partial charge is 0.481 e. The van der Waals surface area contributed by atoms with E-state index in [4.69, 9.17) is 11.6 Å². The number of carboxylic acid groups (broad SMARTS) is 1. The van der Waals surface area contributed by atoms with Gasteiger partial charge in [0.15, 0.2) is 0 Å². The number of hydrogen-bond acceptors (Lipinski definition) is 2. The molecule has 0 atom stereocenters. The lowest BCUT2D eigenvalue weighted by Gasteiger charge is -2.31. The van der Waals surface area contributed by atoms with E-state index >= 15 is 0 Å². The minimum Gasteiger partial charge on any atom is -0.481 e. The number of nitrogens with zero attached hydrogens (tertiary/aromatic N) is 2. The summed E-state index contributed by atoms with van der Waals surface area (Å²) in [6.07, 6.45) is 7.45. The summed E-state index contributed by atoms with van der Waals surface area (Å²) < 4.78 is 1.86. The molecule has 1 N–H and O–H groups in total. The summed E-state index contributed by atoms with van der Waals surface area (Å²) in [7, 11) is 0. The van der Waals surface area contributed by atoms with Gasteiger partial charge in [0.2, 0.25) is 0 Å². The van der Waals surface area contributed by atoms with Crippen LogP contribution in [-0.2, 0) is 17.8 Å². The molecular formula is C16H25ClN2O2. The third-order valence-corrected chi connectivity index (χ3v) is 5.21. The molecule has 0 amide bonds. The SMILES string of the molecule is CCn1nc(C)c(Cl)c1CC1(C(=O)O)CCCCCCC1. The number of rotatable bonds is 4. The maximum atomic E-state index is 12.0. The second-order valence-electron chi connectivity index (χ2n) is 6.19. The van der Waals surface area contributed by atoms with Crippen molar-refractivity contribution in [1.29, 1.82) is 0 Å². The Morgan fingerprint density at radius 1 is 1.29 bits per heavy atom. The highest BCUT2D eigenvalue weighted by Crippen LogP contribution is 2.39. The van der Waals surface area contributed by atoms with Gasteiger partial charge in [0, 0.05) is 13.0 Å². The summed E-state index contributed by atoms with van der Waals surface area (Å²) >= 11 is 6.38. The van der Waals surface area contributed by atoms with Gasteiger partial charge in [-0.15, -0.1) is 0 Å². The lowest BCUT2D eigenvalue weighted by Crippen LogP contribution is -2.35. The van der Waals surface area contributed by atoms with E-state index in [0.29, 0.717) is 11.4 Å². The van der Waals surface area contributed by atoms with Crippen LogP contribution in [0.4, 0.5) is 0 Å². The lowest BCUT2D eigenvalue weighted by atomic mass is 9.73. The average Bonchev–Trinajstić information content (AvgIpc) is 2.69. The van der Waals surface area contributed by atoms with Gasteiger partial charge in [0.1, 0.15) is 0 Å². The molecule has 1 aromatic heterocycles. The van der Waals surface area contributed by atoms with E-state index in [1.54, 1.807) is 0 Å². The highest BCUT2D eigenvalue weighted by Gasteiger charge is 2.39. The van der Waals surface area contributed by atoms with Crippen molar-refractivity contribution in [3.8, 4) is 0 Å². The topological polar surface area (TPSA) is 55.1 Å². The van der Waals surface area contributed by atoms with Gasteiger partial charge in [-0.2, -0.15) is 5.10 Å². The molecule has 0 aromatic carbocycles. The molecule has 21 heavy (non-hydrogen) atoms. The van der Waals surface area contributed by atoms with Crippen molar-refractivity contribution in [3.63, 3.8) is 0 Å². The molecule has 0 spiro atoms. The molecule has 1 saturated carbocycles. The summed E-state index contributed by atoms with van der Waals surface area (Å²) in [5.41, 5.74) is 1.00. The van der Waals surface area contributed by atoms with Gasteiger partial charge in [-0.25, -0.2) is 0 Å². The fourth-order valence-electron chi connectivity index (χ4n) is 3.41. The van der Waals surface area contributed by atoms with Gasteiger partial charge in [-0.05, 0) is 26.7 Å². The minimum absolute atomic E-state index is 0.496. The van der Waals surface area contributed by atoms with Crippen molar-refractivity contribution in [1.82, 2.24) is 9.78 Å². The predicted octanol–water partition coefficient (Wildman–Crippen LogP) is 4.22. The van der Waals surface area contributed by atoms with Crippen molar-refractivity contribution >= 4 is 17.6 Å². The smallest absolute Gasteiger partial charge is 0.310 e. The van der Waals surface area contributed by atoms with Crippen molar-refractivity contribution in [3.05, 3.63) is 16.4 Å². The first kappa shape index (κ1) is 16.3. The summed E-state index contributed by atoms with van der Waals surface area (Å²) in [5.74, 6) is -0.679. The normalized spacial score (nSPS) is 19.0. The van der Waals surface area contributed by atoms with Crippen LogP contribution in [0.3, 0.4) is 0 Å². The van der Waals surface area contributed by atoms with E-state index in [1.807, 2.05) is 18.5 Å². The van der Waals surface area contributed by atoms with E-state index in [-0.39, 0.29) is 0 Å². The molecule has 0 saturated heterocycles. The van der Waals surface area contributed by atoms with Crippen LogP contribution in [-0.4, -0.2) is 20.9 Å². The Morgan fingerprint density at radius 2 is 1.86 bits per heavy atom. The van der Waals surface area contributed by atoms with Gasteiger partial charge >= 0.3 is 5.97 Å². The highest BCUT2D eigenvalue weighted by atomic mass is 35.5. The van der Waals surface area contributed by atoms with E-state index in [9.17, 15) is 9.90 Å². The number of carbonyl (C=O) groups is 1. The monoisotopic (exact) mass is 312 g/mol. The number of aliphatic carboxylic acids is 1. The third-order valence-electron chi connectivity index (χ3n) is 4.72. The number of hydrogen-bond donors (Lipinski definition) is 1. The first-order chi connectivity index (χ1) is 10.00. The standard InChI is InChI=1S/C16H25ClN2O2/c1-3-19-13(14(17)12(2)18-19)11-16(15(20)21)9-7-5-4-6-8-10-16/h3-11H2,1-2H3,(H,20,21). The predicted molar refractivity (Wildman–Crippen MR) is 83.7 cm³/mol. The summed E-state index contributed by atoms with van der Waals surface area (Å²) in [4.78, 5) is 12.0. The van der Waals surface area contributed by atoms with Crippen LogP contribution in [0.2, 0.25) is 5.02 Å². The molecule has 4 nitrogen and oxygen atoms in total. The molecule has 1 aliphatic rings. The van der Waals surface area contributed by atoms with E-state index in [2.05, 4.69) is 5.10 Å². The molecule has 5 heteroatoms. The van der Waals surface area contributed by atoms with E-state index in [0.717, 1.165) is 56.5 Å². The van der Waals surface area contributed by atoms with Gasteiger partial charge < -0.3 is 5.11 Å². The fourth-order valence-corrected chi connectivity index (χ4v) is 3.61. The second-order valence-corrected chi connectivity index (χ2v) is 6.57.